The van der Waals surface area contributed by atoms with Crippen molar-refractivity contribution in [2.45, 2.75) is 64.5 Å². The summed E-state index contributed by atoms with van der Waals surface area (Å²) >= 11 is 0. The van der Waals surface area contributed by atoms with Crippen molar-refractivity contribution in [3.63, 3.8) is 0 Å². The van der Waals surface area contributed by atoms with Crippen LogP contribution in [0.2, 0.25) is 0 Å². The third-order valence-corrected chi connectivity index (χ3v) is 4.82. The number of rotatable bonds is 4. The maximum Gasteiger partial charge on any atom is 0.260 e. The largest absolute Gasteiger partial charge is 0.483 e. The Kier molecular flexibility index (Phi) is 4.51. The highest BCUT2D eigenvalue weighted by molar-refractivity contribution is 5.78. The van der Waals surface area contributed by atoms with Crippen LogP contribution in [0, 0.1) is 0 Å². The molecule has 0 saturated carbocycles. The number of fused-ring (bicyclic) bond motifs is 1. The average molecular weight is 317 g/mol. The minimum Gasteiger partial charge on any atom is -0.483 e. The van der Waals surface area contributed by atoms with Crippen LogP contribution < -0.4 is 9.47 Å². The molecular weight excluding hydrogens is 290 g/mol. The van der Waals surface area contributed by atoms with Crippen molar-refractivity contribution in [2.75, 3.05) is 13.2 Å². The number of hydrogen-bond acceptors (Lipinski definition) is 3. The molecule has 2 aliphatic rings. The van der Waals surface area contributed by atoms with Crippen molar-refractivity contribution < 1.29 is 14.3 Å². The molecule has 0 unspecified atom stereocenters. The highest BCUT2D eigenvalue weighted by Gasteiger charge is 2.32. The normalized spacial score (nSPS) is 22.4. The van der Waals surface area contributed by atoms with Gasteiger partial charge in [0.2, 0.25) is 0 Å². The van der Waals surface area contributed by atoms with E-state index in [2.05, 4.69) is 26.8 Å². The molecule has 0 N–H and O–H groups in total. The number of benzene rings is 1. The topological polar surface area (TPSA) is 38.8 Å². The monoisotopic (exact) mass is 317 g/mol. The lowest BCUT2D eigenvalue weighted by molar-refractivity contribution is -0.137. The van der Waals surface area contributed by atoms with Crippen LogP contribution in [0.3, 0.4) is 0 Å². The molecule has 0 aliphatic carbocycles. The lowest BCUT2D eigenvalue weighted by Gasteiger charge is -2.35. The van der Waals surface area contributed by atoms with Gasteiger partial charge in [0.15, 0.2) is 18.1 Å². The van der Waals surface area contributed by atoms with E-state index in [1.807, 2.05) is 17.0 Å². The zero-order valence-corrected chi connectivity index (χ0v) is 14.4. The van der Waals surface area contributed by atoms with E-state index < -0.39 is 0 Å². The van der Waals surface area contributed by atoms with E-state index in [0.717, 1.165) is 43.5 Å². The summed E-state index contributed by atoms with van der Waals surface area (Å²) in [5.41, 5.74) is 0.954. The van der Waals surface area contributed by atoms with Gasteiger partial charge in [-0.15, -0.1) is 0 Å². The van der Waals surface area contributed by atoms with Gasteiger partial charge >= 0.3 is 0 Å². The van der Waals surface area contributed by atoms with Gasteiger partial charge in [-0.1, -0.05) is 19.1 Å². The maximum absolute atomic E-state index is 12.5. The molecule has 1 atom stereocenters. The van der Waals surface area contributed by atoms with E-state index in [1.165, 1.54) is 6.42 Å². The van der Waals surface area contributed by atoms with E-state index >= 15 is 0 Å². The fourth-order valence-corrected chi connectivity index (χ4v) is 3.68. The quantitative estimate of drug-likeness (QED) is 0.852. The molecule has 126 valence electrons. The molecule has 0 aromatic heterocycles. The van der Waals surface area contributed by atoms with Gasteiger partial charge in [0.25, 0.3) is 5.91 Å². The van der Waals surface area contributed by atoms with E-state index in [1.54, 1.807) is 0 Å². The van der Waals surface area contributed by atoms with Crippen LogP contribution in [-0.4, -0.2) is 35.6 Å². The summed E-state index contributed by atoms with van der Waals surface area (Å²) in [4.78, 5) is 14.5. The summed E-state index contributed by atoms with van der Waals surface area (Å²) < 4.78 is 11.8. The molecule has 1 fully saturated rings. The molecule has 1 saturated heterocycles. The number of ether oxygens (including phenoxy) is 2. The average Bonchev–Trinajstić information content (AvgIpc) is 2.86. The summed E-state index contributed by atoms with van der Waals surface area (Å²) in [6, 6.07) is 6.30. The lowest BCUT2D eigenvalue weighted by atomic mass is 10.00. The Morgan fingerprint density at radius 3 is 3.00 bits per heavy atom. The zero-order valence-electron chi connectivity index (χ0n) is 14.4. The number of likely N-dealkylation sites (tertiary alicyclic amines) is 1. The zero-order chi connectivity index (χ0) is 16.4. The minimum atomic E-state index is -0.202. The van der Waals surface area contributed by atoms with Gasteiger partial charge in [-0.2, -0.15) is 0 Å². The van der Waals surface area contributed by atoms with Crippen molar-refractivity contribution >= 4 is 5.91 Å². The molecular formula is C19H27NO3. The Hall–Kier alpha value is -1.71. The third kappa shape index (κ3) is 3.46. The van der Waals surface area contributed by atoms with Crippen LogP contribution in [0.25, 0.3) is 0 Å². The first-order valence-electron chi connectivity index (χ1n) is 8.73. The fraction of sp³-hybridized carbons (Fsp3) is 0.632. The van der Waals surface area contributed by atoms with Crippen LogP contribution in [-0.2, 0) is 11.2 Å². The highest BCUT2D eigenvalue weighted by atomic mass is 16.5. The van der Waals surface area contributed by atoms with Gasteiger partial charge in [-0.05, 0) is 45.6 Å². The smallest absolute Gasteiger partial charge is 0.260 e. The van der Waals surface area contributed by atoms with Crippen molar-refractivity contribution in [3.8, 4) is 11.5 Å². The van der Waals surface area contributed by atoms with Crippen LogP contribution in [0.15, 0.2) is 18.2 Å². The number of carbonyl (C=O) groups is 1. The van der Waals surface area contributed by atoms with Crippen molar-refractivity contribution in [2.24, 2.45) is 0 Å². The Bertz CT molecular complexity index is 582. The van der Waals surface area contributed by atoms with E-state index in [9.17, 15) is 4.79 Å². The first kappa shape index (κ1) is 16.2. The molecule has 23 heavy (non-hydrogen) atoms. The molecule has 1 aromatic carbocycles. The van der Waals surface area contributed by atoms with Crippen LogP contribution in [0.5, 0.6) is 11.5 Å². The predicted molar refractivity (Wildman–Crippen MR) is 90.0 cm³/mol. The Morgan fingerprint density at radius 2 is 2.22 bits per heavy atom. The maximum atomic E-state index is 12.5. The summed E-state index contributed by atoms with van der Waals surface area (Å²) in [7, 11) is 0. The van der Waals surface area contributed by atoms with Gasteiger partial charge in [0.1, 0.15) is 5.60 Å². The number of nitrogens with zero attached hydrogens (tertiary/aromatic N) is 1. The molecule has 0 radical (unpaired) electrons. The lowest BCUT2D eigenvalue weighted by Crippen LogP contribution is -2.45. The third-order valence-electron chi connectivity index (χ3n) is 4.82. The van der Waals surface area contributed by atoms with Crippen molar-refractivity contribution in [3.05, 3.63) is 23.8 Å². The van der Waals surface area contributed by atoms with E-state index in [4.69, 9.17) is 9.47 Å². The molecule has 1 aromatic rings. The summed E-state index contributed by atoms with van der Waals surface area (Å²) in [6.45, 7) is 7.24. The summed E-state index contributed by atoms with van der Waals surface area (Å²) in [5, 5.41) is 0. The first-order chi connectivity index (χ1) is 11.0. The van der Waals surface area contributed by atoms with Gasteiger partial charge in [-0.3, -0.25) is 4.79 Å². The van der Waals surface area contributed by atoms with Crippen LogP contribution in [0.4, 0.5) is 0 Å². The Balaban J connectivity index is 1.65. The molecule has 1 amide bonds. The van der Waals surface area contributed by atoms with Gasteiger partial charge in [0, 0.05) is 24.6 Å². The molecule has 3 rings (SSSR count). The molecule has 2 aliphatic heterocycles. The summed E-state index contributed by atoms with van der Waals surface area (Å²) in [6.07, 6.45) is 5.32. The Labute approximate surface area is 138 Å². The van der Waals surface area contributed by atoms with Crippen molar-refractivity contribution in [1.82, 2.24) is 4.90 Å². The van der Waals surface area contributed by atoms with Gasteiger partial charge in [0.05, 0.1) is 0 Å². The molecule has 0 bridgehead atoms. The molecule has 2 heterocycles. The van der Waals surface area contributed by atoms with Crippen LogP contribution in [0.1, 0.15) is 52.0 Å². The Morgan fingerprint density at radius 1 is 1.39 bits per heavy atom. The standard InChI is InChI=1S/C19H27NO3/c1-4-15-9-5-6-11-20(15)17(21)13-22-16-10-7-8-14-12-19(2,3)23-18(14)16/h7-8,10,15H,4-6,9,11-13H2,1-3H3/t15-/m0/s1. The molecule has 4 heteroatoms. The fourth-order valence-electron chi connectivity index (χ4n) is 3.68. The number of para-hydroxylation sites is 1. The number of amides is 1. The number of hydrogen-bond donors (Lipinski definition) is 0. The second-order valence-electron chi connectivity index (χ2n) is 7.22. The van der Waals surface area contributed by atoms with Gasteiger partial charge in [-0.25, -0.2) is 0 Å². The van der Waals surface area contributed by atoms with Gasteiger partial charge < -0.3 is 14.4 Å². The predicted octanol–water partition coefficient (Wildman–Crippen LogP) is 3.57. The number of carbonyl (C=O) groups excluding carboxylic acids is 1. The number of piperidine rings is 1. The SMILES string of the molecule is CC[C@H]1CCCCN1C(=O)COc1cccc2c1OC(C)(C)C2. The van der Waals surface area contributed by atoms with Crippen LogP contribution >= 0.6 is 0 Å². The summed E-state index contributed by atoms with van der Waals surface area (Å²) in [5.74, 6) is 1.58. The second kappa shape index (κ2) is 6.42. The van der Waals surface area contributed by atoms with Crippen molar-refractivity contribution in [1.29, 1.82) is 0 Å². The first-order valence-corrected chi connectivity index (χ1v) is 8.73. The highest BCUT2D eigenvalue weighted by Crippen LogP contribution is 2.41. The molecule has 0 spiro atoms. The van der Waals surface area contributed by atoms with E-state index in [-0.39, 0.29) is 18.1 Å². The second-order valence-corrected chi connectivity index (χ2v) is 7.22. The minimum absolute atomic E-state index is 0.0893. The van der Waals surface area contributed by atoms with E-state index in [0.29, 0.717) is 11.8 Å². The molecule has 4 nitrogen and oxygen atoms in total.